The predicted molar refractivity (Wildman–Crippen MR) is 186 cm³/mol. The van der Waals surface area contributed by atoms with Crippen molar-refractivity contribution >= 4 is 69.3 Å². The highest BCUT2D eigenvalue weighted by Crippen LogP contribution is 2.31. The highest BCUT2D eigenvalue weighted by atomic mass is 35.5. The first kappa shape index (κ1) is 32.5. The zero-order valence-electron chi connectivity index (χ0n) is 24.8. The van der Waals surface area contributed by atoms with E-state index in [1.54, 1.807) is 92.9 Å². The number of hydrogen-bond acceptors (Lipinski definition) is 7. The summed E-state index contributed by atoms with van der Waals surface area (Å²) >= 11 is 8.95. The number of ether oxygens (including phenoxy) is 1. The minimum atomic E-state index is -0.508. The molecule has 0 radical (unpaired) electrons. The van der Waals surface area contributed by atoms with Gasteiger partial charge in [0, 0.05) is 32.1 Å². The number of rotatable bonds is 11. The van der Waals surface area contributed by atoms with Gasteiger partial charge in [-0.1, -0.05) is 66.2 Å². The first-order valence-corrected chi connectivity index (χ1v) is 16.2. The van der Waals surface area contributed by atoms with Crippen LogP contribution in [0.4, 0.5) is 10.8 Å². The van der Waals surface area contributed by atoms with Gasteiger partial charge < -0.3 is 20.7 Å². The van der Waals surface area contributed by atoms with E-state index in [1.807, 2.05) is 35.7 Å². The Labute approximate surface area is 279 Å². The van der Waals surface area contributed by atoms with Gasteiger partial charge in [-0.05, 0) is 67.1 Å². The van der Waals surface area contributed by atoms with Gasteiger partial charge in [0.05, 0.1) is 18.1 Å². The second-order valence-electron chi connectivity index (χ2n) is 9.90. The van der Waals surface area contributed by atoms with Gasteiger partial charge in [0.25, 0.3) is 11.8 Å². The summed E-state index contributed by atoms with van der Waals surface area (Å²) in [4.78, 5) is 44.7. The van der Waals surface area contributed by atoms with E-state index >= 15 is 0 Å². The maximum absolute atomic E-state index is 13.5. The molecule has 1 heterocycles. The van der Waals surface area contributed by atoms with Crippen LogP contribution in [0.1, 0.15) is 22.8 Å². The smallest absolute Gasteiger partial charge is 0.272 e. The molecule has 8 nitrogen and oxygen atoms in total. The van der Waals surface area contributed by atoms with E-state index in [9.17, 15) is 14.4 Å². The summed E-state index contributed by atoms with van der Waals surface area (Å²) in [6, 6.07) is 30.3. The molecule has 11 heteroatoms. The Morgan fingerprint density at radius 3 is 2.39 bits per heavy atom. The summed E-state index contributed by atoms with van der Waals surface area (Å²) in [5, 5.41) is 10.9. The van der Waals surface area contributed by atoms with E-state index in [4.69, 9.17) is 16.3 Å². The van der Waals surface area contributed by atoms with Gasteiger partial charge in [-0.3, -0.25) is 14.4 Å². The van der Waals surface area contributed by atoms with Crippen LogP contribution in [0.5, 0.6) is 5.75 Å². The molecule has 0 spiro atoms. The molecule has 4 aromatic carbocycles. The molecule has 5 rings (SSSR count). The number of carbonyl (C=O) groups excluding carboxylic acids is 3. The van der Waals surface area contributed by atoms with Crippen molar-refractivity contribution in [3.8, 4) is 17.0 Å². The summed E-state index contributed by atoms with van der Waals surface area (Å²) in [7, 11) is 1.57. The van der Waals surface area contributed by atoms with E-state index < -0.39 is 17.1 Å². The highest BCUT2D eigenvalue weighted by molar-refractivity contribution is 8.00. The molecule has 0 aliphatic heterocycles. The van der Waals surface area contributed by atoms with Gasteiger partial charge in [-0.25, -0.2) is 4.98 Å². The van der Waals surface area contributed by atoms with Crippen LogP contribution < -0.4 is 20.7 Å². The minimum Gasteiger partial charge on any atom is -0.497 e. The minimum absolute atomic E-state index is 0.0597. The van der Waals surface area contributed by atoms with E-state index in [1.165, 1.54) is 23.1 Å². The highest BCUT2D eigenvalue weighted by Gasteiger charge is 2.19. The van der Waals surface area contributed by atoms with Crippen molar-refractivity contribution in [2.75, 3.05) is 17.7 Å². The lowest BCUT2D eigenvalue weighted by Crippen LogP contribution is -2.30. The van der Waals surface area contributed by atoms with E-state index in [-0.39, 0.29) is 11.6 Å². The summed E-state index contributed by atoms with van der Waals surface area (Å²) < 4.78 is 5.22. The maximum Gasteiger partial charge on any atom is 0.272 e. The molecule has 3 amide bonds. The normalized spacial score (nSPS) is 11.8. The van der Waals surface area contributed by atoms with Crippen molar-refractivity contribution in [1.29, 1.82) is 0 Å². The zero-order valence-corrected chi connectivity index (χ0v) is 27.2. The Balaban J connectivity index is 1.26. The summed E-state index contributed by atoms with van der Waals surface area (Å²) in [6.07, 6.45) is 1.59. The average Bonchev–Trinajstić information content (AvgIpc) is 3.53. The van der Waals surface area contributed by atoms with Crippen LogP contribution in [-0.4, -0.2) is 35.1 Å². The fraction of sp³-hybridized carbons (Fsp3) is 0.0857. The molecule has 1 atom stereocenters. The number of anilines is 2. The first-order chi connectivity index (χ1) is 22.3. The topological polar surface area (TPSA) is 109 Å². The molecule has 1 unspecified atom stereocenters. The van der Waals surface area contributed by atoms with Crippen molar-refractivity contribution in [2.24, 2.45) is 0 Å². The van der Waals surface area contributed by atoms with Crippen LogP contribution in [-0.2, 0) is 9.59 Å². The van der Waals surface area contributed by atoms with Gasteiger partial charge in [-0.15, -0.1) is 23.1 Å². The van der Waals surface area contributed by atoms with Crippen LogP contribution in [0.15, 0.2) is 119 Å². The zero-order chi connectivity index (χ0) is 32.5. The standard InChI is InChI=1S/C35H29ClN4O4S2/c1-22(32(41)40-35-39-31(21-45-35)28-13-6-7-14-29(28)36)46-27-12-8-11-25(20-27)37-34(43)30(19-23-15-17-26(44-2)18-16-23)38-33(42)24-9-4-3-5-10-24/h3-22H,1-2H3,(H,37,43)(H,38,42)(H,39,40,41)/b30-19+. The van der Waals surface area contributed by atoms with Crippen molar-refractivity contribution in [3.63, 3.8) is 0 Å². The molecule has 46 heavy (non-hydrogen) atoms. The Kier molecular flexibility index (Phi) is 10.9. The Morgan fingerprint density at radius 1 is 0.913 bits per heavy atom. The van der Waals surface area contributed by atoms with E-state index in [2.05, 4.69) is 20.9 Å². The quantitative estimate of drug-likeness (QED) is 0.0972. The number of methoxy groups -OCH3 is 1. The number of thioether (sulfide) groups is 1. The number of halogens is 1. The van der Waals surface area contributed by atoms with E-state index in [0.29, 0.717) is 38.4 Å². The lowest BCUT2D eigenvalue weighted by molar-refractivity contribution is -0.115. The summed E-state index contributed by atoms with van der Waals surface area (Å²) in [5.74, 6) is -0.472. The Hall–Kier alpha value is -4.90. The summed E-state index contributed by atoms with van der Waals surface area (Å²) in [5.41, 5.74) is 3.16. The maximum atomic E-state index is 13.5. The van der Waals surface area contributed by atoms with Crippen LogP contribution in [0.2, 0.25) is 5.02 Å². The molecule has 0 fully saturated rings. The number of nitrogens with zero attached hydrogens (tertiary/aromatic N) is 1. The van der Waals surface area contributed by atoms with Gasteiger partial charge in [0.15, 0.2) is 5.13 Å². The second-order valence-corrected chi connectivity index (χ2v) is 12.6. The molecular formula is C35H29ClN4O4S2. The van der Waals surface area contributed by atoms with Crippen LogP contribution in [0.3, 0.4) is 0 Å². The van der Waals surface area contributed by atoms with Crippen molar-refractivity contribution < 1.29 is 19.1 Å². The molecule has 3 N–H and O–H groups in total. The number of hydrogen-bond donors (Lipinski definition) is 3. The monoisotopic (exact) mass is 668 g/mol. The SMILES string of the molecule is COc1ccc(/C=C(/NC(=O)c2ccccc2)C(=O)Nc2cccc(SC(C)C(=O)Nc3nc(-c4ccccc4Cl)cs3)c2)cc1. The molecule has 0 saturated carbocycles. The molecule has 5 aromatic rings. The fourth-order valence-corrected chi connectivity index (χ4v) is 6.12. The molecular weight excluding hydrogens is 640 g/mol. The number of thiazole rings is 1. The van der Waals surface area contributed by atoms with Crippen molar-refractivity contribution in [2.45, 2.75) is 17.1 Å². The Bertz CT molecular complexity index is 1880. The van der Waals surface area contributed by atoms with Gasteiger partial charge in [-0.2, -0.15) is 0 Å². The van der Waals surface area contributed by atoms with Gasteiger partial charge in [0.1, 0.15) is 11.4 Å². The lowest BCUT2D eigenvalue weighted by Gasteiger charge is -2.14. The molecule has 0 bridgehead atoms. The van der Waals surface area contributed by atoms with Crippen LogP contribution in [0, 0.1) is 0 Å². The van der Waals surface area contributed by atoms with Crippen LogP contribution >= 0.6 is 34.7 Å². The molecule has 0 aliphatic rings. The van der Waals surface area contributed by atoms with Crippen molar-refractivity contribution in [3.05, 3.63) is 130 Å². The summed E-state index contributed by atoms with van der Waals surface area (Å²) in [6.45, 7) is 1.79. The van der Waals surface area contributed by atoms with Gasteiger partial charge in [0.2, 0.25) is 5.91 Å². The van der Waals surface area contributed by atoms with Gasteiger partial charge >= 0.3 is 0 Å². The number of nitrogens with one attached hydrogen (secondary N) is 3. The predicted octanol–water partition coefficient (Wildman–Crippen LogP) is 8.00. The molecule has 0 saturated heterocycles. The second kappa shape index (κ2) is 15.4. The third-order valence-corrected chi connectivity index (χ3v) is 8.79. The third-order valence-electron chi connectivity index (χ3n) is 6.61. The molecule has 0 aliphatic carbocycles. The first-order valence-electron chi connectivity index (χ1n) is 14.1. The largest absolute Gasteiger partial charge is 0.497 e. The van der Waals surface area contributed by atoms with Crippen LogP contribution in [0.25, 0.3) is 17.3 Å². The van der Waals surface area contributed by atoms with Crippen molar-refractivity contribution in [1.82, 2.24) is 10.3 Å². The average molecular weight is 669 g/mol. The molecule has 1 aromatic heterocycles. The number of benzene rings is 4. The third kappa shape index (κ3) is 8.63. The Morgan fingerprint density at radius 2 is 1.65 bits per heavy atom. The number of aromatic nitrogens is 1. The number of amides is 3. The lowest BCUT2D eigenvalue weighted by atomic mass is 10.1. The molecule has 232 valence electrons. The van der Waals surface area contributed by atoms with E-state index in [0.717, 1.165) is 10.5 Å². The number of carbonyl (C=O) groups is 3. The fourth-order valence-electron chi connectivity index (χ4n) is 4.24.